The Morgan fingerprint density at radius 1 is 1.80 bits per heavy atom. The van der Waals surface area contributed by atoms with Crippen LogP contribution in [0, 0.1) is 0 Å². The summed E-state index contributed by atoms with van der Waals surface area (Å²) in [6, 6.07) is 0. The molecule has 0 aliphatic carbocycles. The molecule has 1 rings (SSSR count). The Labute approximate surface area is 75.3 Å². The molecule has 0 radical (unpaired) electrons. The first-order valence-electron chi connectivity index (χ1n) is 2.77. The van der Waals surface area contributed by atoms with Gasteiger partial charge in [0.2, 0.25) is 0 Å². The first kappa shape index (κ1) is 8.33. The van der Waals surface area contributed by atoms with E-state index in [2.05, 4.69) is 36.6 Å². The van der Waals surface area contributed by atoms with E-state index in [1.807, 2.05) is 0 Å². The molecule has 5 heteroatoms. The van der Waals surface area contributed by atoms with Crippen LogP contribution in [0.15, 0.2) is 0 Å². The van der Waals surface area contributed by atoms with E-state index in [1.54, 1.807) is 0 Å². The molecule has 0 saturated carbocycles. The third-order valence-electron chi connectivity index (χ3n) is 1.16. The van der Waals surface area contributed by atoms with Gasteiger partial charge in [-0.3, -0.25) is 0 Å². The van der Waals surface area contributed by atoms with Crippen molar-refractivity contribution >= 4 is 38.0 Å². The van der Waals surface area contributed by atoms with Crippen LogP contribution in [-0.4, -0.2) is 29.0 Å². The number of halogens is 2. The van der Waals surface area contributed by atoms with Gasteiger partial charge in [0.05, 0.1) is 4.83 Å². The van der Waals surface area contributed by atoms with Gasteiger partial charge in [0.25, 0.3) is 0 Å². The van der Waals surface area contributed by atoms with E-state index in [0.29, 0.717) is 6.61 Å². The molecule has 2 unspecified atom stereocenters. The first-order valence-corrected chi connectivity index (χ1v) is 4.81. The molecule has 1 fully saturated rings. The summed E-state index contributed by atoms with van der Waals surface area (Å²) in [5.74, 6) is 0. The number of ether oxygens (including phenoxy) is 2. The Hall–Kier alpha value is 0.230. The second-order valence-corrected chi connectivity index (χ2v) is 3.71. The molecule has 1 saturated heterocycles. The zero-order valence-electron chi connectivity index (χ0n) is 5.05. The molecule has 0 spiro atoms. The highest BCUT2D eigenvalue weighted by atomic mass is 79.9. The van der Waals surface area contributed by atoms with Gasteiger partial charge < -0.3 is 9.47 Å². The summed E-state index contributed by atoms with van der Waals surface area (Å²) in [7, 11) is 0. The Kier molecular flexibility index (Phi) is 2.97. The highest BCUT2D eigenvalue weighted by Gasteiger charge is 2.30. The average Bonchev–Trinajstić information content (AvgIpc) is 2.34. The summed E-state index contributed by atoms with van der Waals surface area (Å²) >= 11 is 6.58. The van der Waals surface area contributed by atoms with Crippen molar-refractivity contribution in [1.82, 2.24) is 0 Å². The van der Waals surface area contributed by atoms with Gasteiger partial charge in [-0.15, -0.1) is 0 Å². The number of carbonyl (C=O) groups is 1. The lowest BCUT2D eigenvalue weighted by Crippen LogP contribution is -2.23. The second kappa shape index (κ2) is 3.57. The normalized spacial score (nSPS) is 27.4. The molecule has 10 heavy (non-hydrogen) atoms. The van der Waals surface area contributed by atoms with E-state index in [9.17, 15) is 4.79 Å². The minimum Gasteiger partial charge on any atom is -0.430 e. The third kappa shape index (κ3) is 1.85. The van der Waals surface area contributed by atoms with Gasteiger partial charge in [-0.25, -0.2) is 4.79 Å². The number of hydrogen-bond donors (Lipinski definition) is 0. The monoisotopic (exact) mass is 272 g/mol. The van der Waals surface area contributed by atoms with Crippen molar-refractivity contribution in [3.63, 3.8) is 0 Å². The Morgan fingerprint density at radius 3 is 2.90 bits per heavy atom. The molecule has 2 atom stereocenters. The lowest BCUT2D eigenvalue weighted by atomic mass is 10.3. The maximum atomic E-state index is 10.4. The SMILES string of the molecule is O=C1OCC(C(Br)CBr)O1. The predicted octanol–water partition coefficient (Wildman–Crippen LogP) is 1.68. The molecule has 0 aromatic carbocycles. The van der Waals surface area contributed by atoms with Crippen molar-refractivity contribution in [2.24, 2.45) is 0 Å². The summed E-state index contributed by atoms with van der Waals surface area (Å²) in [6.07, 6.45) is -0.720. The fourth-order valence-electron chi connectivity index (χ4n) is 0.619. The molecular formula is C5H6Br2O3. The second-order valence-electron chi connectivity index (χ2n) is 1.89. The number of hydrogen-bond acceptors (Lipinski definition) is 3. The Balaban J connectivity index is 2.36. The van der Waals surface area contributed by atoms with Crippen LogP contribution >= 0.6 is 31.9 Å². The van der Waals surface area contributed by atoms with Gasteiger partial charge in [-0.05, 0) is 0 Å². The van der Waals surface area contributed by atoms with Crippen molar-refractivity contribution < 1.29 is 14.3 Å². The number of cyclic esters (lactones) is 2. The number of rotatable bonds is 2. The van der Waals surface area contributed by atoms with Gasteiger partial charge in [-0.1, -0.05) is 31.9 Å². The highest BCUT2D eigenvalue weighted by molar-refractivity contribution is 9.12. The molecule has 58 valence electrons. The van der Waals surface area contributed by atoms with Gasteiger partial charge >= 0.3 is 6.16 Å². The fourth-order valence-corrected chi connectivity index (χ4v) is 1.30. The van der Waals surface area contributed by atoms with E-state index in [0.717, 1.165) is 5.33 Å². The third-order valence-corrected chi connectivity index (χ3v) is 3.64. The average molecular weight is 274 g/mol. The Morgan fingerprint density at radius 2 is 2.50 bits per heavy atom. The molecule has 1 aliphatic heterocycles. The molecular weight excluding hydrogens is 268 g/mol. The zero-order valence-corrected chi connectivity index (χ0v) is 8.22. The fraction of sp³-hybridized carbons (Fsp3) is 0.800. The lowest BCUT2D eigenvalue weighted by Gasteiger charge is -2.09. The van der Waals surface area contributed by atoms with Crippen LogP contribution in [0.1, 0.15) is 0 Å². The van der Waals surface area contributed by atoms with Crippen LogP contribution in [0.5, 0.6) is 0 Å². The van der Waals surface area contributed by atoms with Crippen molar-refractivity contribution in [1.29, 1.82) is 0 Å². The van der Waals surface area contributed by atoms with E-state index in [4.69, 9.17) is 4.74 Å². The van der Waals surface area contributed by atoms with Crippen LogP contribution in [0.25, 0.3) is 0 Å². The van der Waals surface area contributed by atoms with Gasteiger partial charge in [-0.2, -0.15) is 0 Å². The van der Waals surface area contributed by atoms with Crippen molar-refractivity contribution in [3.05, 3.63) is 0 Å². The highest BCUT2D eigenvalue weighted by Crippen LogP contribution is 2.17. The van der Waals surface area contributed by atoms with Crippen LogP contribution < -0.4 is 0 Å². The minimum absolute atomic E-state index is 0.138. The zero-order chi connectivity index (χ0) is 7.56. The predicted molar refractivity (Wildman–Crippen MR) is 42.7 cm³/mol. The maximum absolute atomic E-state index is 10.4. The van der Waals surface area contributed by atoms with Crippen molar-refractivity contribution in [3.8, 4) is 0 Å². The van der Waals surface area contributed by atoms with Crippen molar-refractivity contribution in [2.45, 2.75) is 10.9 Å². The molecule has 0 bridgehead atoms. The lowest BCUT2D eigenvalue weighted by molar-refractivity contribution is 0.119. The maximum Gasteiger partial charge on any atom is 0.508 e. The van der Waals surface area contributed by atoms with Gasteiger partial charge in [0, 0.05) is 5.33 Å². The van der Waals surface area contributed by atoms with Crippen LogP contribution in [0.2, 0.25) is 0 Å². The minimum atomic E-state index is -0.574. The van der Waals surface area contributed by atoms with E-state index in [1.165, 1.54) is 0 Å². The molecule has 3 nitrogen and oxygen atoms in total. The first-order chi connectivity index (χ1) is 4.74. The smallest absolute Gasteiger partial charge is 0.430 e. The summed E-state index contributed by atoms with van der Waals surface area (Å²) in [5, 5.41) is 0.744. The summed E-state index contributed by atoms with van der Waals surface area (Å²) in [6.45, 7) is 0.348. The van der Waals surface area contributed by atoms with Gasteiger partial charge in [0.1, 0.15) is 6.61 Å². The largest absolute Gasteiger partial charge is 0.508 e. The summed E-state index contributed by atoms with van der Waals surface area (Å²) in [5.41, 5.74) is 0. The quantitative estimate of drug-likeness (QED) is 0.567. The van der Waals surface area contributed by atoms with E-state index >= 15 is 0 Å². The topological polar surface area (TPSA) is 35.5 Å². The Bertz CT molecular complexity index is 139. The molecule has 0 aromatic rings. The molecule has 0 aromatic heterocycles. The molecule has 1 heterocycles. The van der Waals surface area contributed by atoms with E-state index in [-0.39, 0.29) is 10.9 Å². The van der Waals surface area contributed by atoms with Crippen molar-refractivity contribution in [2.75, 3.05) is 11.9 Å². The van der Waals surface area contributed by atoms with Crippen LogP contribution in [0.4, 0.5) is 4.79 Å². The standard InChI is InChI=1S/C5H6Br2O3/c6-1-3(7)4-2-9-5(8)10-4/h3-4H,1-2H2. The molecule has 0 N–H and O–H groups in total. The molecule has 0 amide bonds. The number of carbonyl (C=O) groups excluding carboxylic acids is 1. The van der Waals surface area contributed by atoms with E-state index < -0.39 is 6.16 Å². The van der Waals surface area contributed by atoms with Crippen LogP contribution in [-0.2, 0) is 9.47 Å². The van der Waals surface area contributed by atoms with Crippen LogP contribution in [0.3, 0.4) is 0 Å². The summed E-state index contributed by atoms with van der Waals surface area (Å²) in [4.78, 5) is 10.5. The van der Waals surface area contributed by atoms with Gasteiger partial charge in [0.15, 0.2) is 6.10 Å². The summed E-state index contributed by atoms with van der Waals surface area (Å²) < 4.78 is 9.35. The number of alkyl halides is 2. The molecule has 1 aliphatic rings.